The molecule has 2 aromatic carbocycles. The van der Waals surface area contributed by atoms with Crippen molar-refractivity contribution in [3.8, 4) is 0 Å². The molecule has 0 saturated carbocycles. The minimum atomic E-state index is -0.150. The lowest BCUT2D eigenvalue weighted by molar-refractivity contribution is 0.102. The van der Waals surface area contributed by atoms with Gasteiger partial charge in [-0.3, -0.25) is 10.1 Å². The Morgan fingerprint density at radius 1 is 1.04 bits per heavy atom. The van der Waals surface area contributed by atoms with Crippen LogP contribution in [0.5, 0.6) is 0 Å². The second-order valence-electron chi connectivity index (χ2n) is 5.90. The quantitative estimate of drug-likeness (QED) is 0.416. The summed E-state index contributed by atoms with van der Waals surface area (Å²) in [5.41, 5.74) is 3.14. The van der Waals surface area contributed by atoms with Crippen molar-refractivity contribution < 1.29 is 4.79 Å². The molecule has 1 aromatic heterocycles. The van der Waals surface area contributed by atoms with Crippen LogP contribution in [0.3, 0.4) is 0 Å². The van der Waals surface area contributed by atoms with E-state index in [2.05, 4.69) is 34.6 Å². The molecule has 1 N–H and O–H groups in total. The number of carbonyl (C=O) groups excluding carboxylic acids is 1. The number of hydrogen-bond acceptors (Lipinski definition) is 5. The number of carbonyl (C=O) groups is 1. The summed E-state index contributed by atoms with van der Waals surface area (Å²) in [7, 11) is 0. The van der Waals surface area contributed by atoms with Gasteiger partial charge in [-0.15, -0.1) is 10.2 Å². The maximum atomic E-state index is 12.3. The molecule has 3 rings (SSSR count). The predicted molar refractivity (Wildman–Crippen MR) is 109 cm³/mol. The van der Waals surface area contributed by atoms with Crippen molar-refractivity contribution in [1.82, 2.24) is 10.2 Å². The van der Waals surface area contributed by atoms with Crippen molar-refractivity contribution in [1.29, 1.82) is 0 Å². The second kappa shape index (κ2) is 9.50. The highest BCUT2D eigenvalue weighted by Crippen LogP contribution is 2.28. The van der Waals surface area contributed by atoms with E-state index < -0.39 is 0 Å². The van der Waals surface area contributed by atoms with E-state index in [4.69, 9.17) is 0 Å². The van der Waals surface area contributed by atoms with Gasteiger partial charge in [-0.1, -0.05) is 78.9 Å². The van der Waals surface area contributed by atoms with E-state index in [9.17, 15) is 4.79 Å². The fourth-order valence-electron chi connectivity index (χ4n) is 2.41. The first-order chi connectivity index (χ1) is 12.7. The normalized spacial score (nSPS) is 10.7. The van der Waals surface area contributed by atoms with E-state index in [1.807, 2.05) is 42.5 Å². The Labute approximate surface area is 162 Å². The second-order valence-corrected chi connectivity index (χ2v) is 8.10. The first kappa shape index (κ1) is 18.6. The maximum Gasteiger partial charge on any atom is 0.257 e. The lowest BCUT2D eigenvalue weighted by Gasteiger charge is -2.03. The number of nitrogens with zero attached hydrogens (tertiary/aromatic N) is 2. The van der Waals surface area contributed by atoms with Crippen LogP contribution >= 0.6 is 23.1 Å². The van der Waals surface area contributed by atoms with Gasteiger partial charge in [0.15, 0.2) is 4.34 Å². The highest BCUT2D eigenvalue weighted by Gasteiger charge is 2.11. The average Bonchev–Trinajstić information content (AvgIpc) is 3.13. The van der Waals surface area contributed by atoms with Crippen LogP contribution in [-0.4, -0.2) is 16.1 Å². The van der Waals surface area contributed by atoms with Gasteiger partial charge in [-0.05, 0) is 36.1 Å². The topological polar surface area (TPSA) is 54.9 Å². The van der Waals surface area contributed by atoms with E-state index in [1.54, 1.807) is 11.8 Å². The Morgan fingerprint density at radius 3 is 2.54 bits per heavy atom. The van der Waals surface area contributed by atoms with Gasteiger partial charge < -0.3 is 0 Å². The molecule has 0 aliphatic heterocycles. The Hall–Kier alpha value is -2.18. The standard InChI is InChI=1S/C20H21N3OS2/c1-2-3-7-15-10-12-17(13-11-15)18(24)21-19-22-23-20(26-19)25-14-16-8-5-4-6-9-16/h4-6,8-13H,2-3,7,14H2,1H3,(H,21,22,24). The summed E-state index contributed by atoms with van der Waals surface area (Å²) in [6.45, 7) is 2.18. The molecule has 1 heterocycles. The van der Waals surface area contributed by atoms with Gasteiger partial charge in [0.1, 0.15) is 0 Å². The summed E-state index contributed by atoms with van der Waals surface area (Å²) in [6, 6.07) is 18.0. The van der Waals surface area contributed by atoms with Crippen LogP contribution in [0, 0.1) is 0 Å². The Balaban J connectivity index is 1.54. The molecule has 0 saturated heterocycles. The van der Waals surface area contributed by atoms with Crippen molar-refractivity contribution in [3.05, 3.63) is 71.3 Å². The van der Waals surface area contributed by atoms with E-state index in [0.29, 0.717) is 10.7 Å². The van der Waals surface area contributed by atoms with Gasteiger partial charge in [-0.25, -0.2) is 0 Å². The molecule has 0 spiro atoms. The molecule has 3 aromatic rings. The lowest BCUT2D eigenvalue weighted by Crippen LogP contribution is -2.11. The average molecular weight is 384 g/mol. The molecular weight excluding hydrogens is 362 g/mol. The first-order valence-corrected chi connectivity index (χ1v) is 10.5. The number of hydrogen-bond donors (Lipinski definition) is 1. The molecular formula is C20H21N3OS2. The summed E-state index contributed by atoms with van der Waals surface area (Å²) in [4.78, 5) is 12.3. The zero-order valence-electron chi connectivity index (χ0n) is 14.6. The number of nitrogens with one attached hydrogen (secondary N) is 1. The largest absolute Gasteiger partial charge is 0.296 e. The van der Waals surface area contributed by atoms with Gasteiger partial charge in [0.25, 0.3) is 5.91 Å². The van der Waals surface area contributed by atoms with Crippen LogP contribution < -0.4 is 5.32 Å². The third-order valence-corrected chi connectivity index (χ3v) is 5.91. The summed E-state index contributed by atoms with van der Waals surface area (Å²) in [5, 5.41) is 11.6. The monoisotopic (exact) mass is 383 g/mol. The summed E-state index contributed by atoms with van der Waals surface area (Å²) in [6.07, 6.45) is 3.39. The number of anilines is 1. The Bertz CT molecular complexity index is 832. The van der Waals surface area contributed by atoms with Gasteiger partial charge >= 0.3 is 0 Å². The van der Waals surface area contributed by atoms with Gasteiger partial charge in [-0.2, -0.15) is 0 Å². The zero-order valence-corrected chi connectivity index (χ0v) is 16.3. The molecule has 0 fully saturated rings. The number of rotatable bonds is 8. The number of benzene rings is 2. The van der Waals surface area contributed by atoms with Crippen LogP contribution in [-0.2, 0) is 12.2 Å². The minimum Gasteiger partial charge on any atom is -0.296 e. The molecule has 6 heteroatoms. The Kier molecular flexibility index (Phi) is 6.80. The maximum absolute atomic E-state index is 12.3. The van der Waals surface area contributed by atoms with Gasteiger partial charge in [0.2, 0.25) is 5.13 Å². The molecule has 0 aliphatic rings. The number of thioether (sulfide) groups is 1. The zero-order chi connectivity index (χ0) is 18.2. The molecule has 134 valence electrons. The van der Waals surface area contributed by atoms with Crippen molar-refractivity contribution in [2.75, 3.05) is 5.32 Å². The molecule has 26 heavy (non-hydrogen) atoms. The predicted octanol–water partition coefficient (Wildman–Crippen LogP) is 5.43. The molecule has 0 atom stereocenters. The number of amides is 1. The van der Waals surface area contributed by atoms with Crippen LogP contribution in [0.25, 0.3) is 0 Å². The van der Waals surface area contributed by atoms with Crippen LogP contribution in [0.15, 0.2) is 58.9 Å². The van der Waals surface area contributed by atoms with Crippen molar-refractivity contribution in [2.45, 2.75) is 36.3 Å². The van der Waals surface area contributed by atoms with E-state index in [-0.39, 0.29) is 5.91 Å². The van der Waals surface area contributed by atoms with Crippen LogP contribution in [0.2, 0.25) is 0 Å². The third-order valence-electron chi connectivity index (χ3n) is 3.87. The fourth-order valence-corrected chi connectivity index (χ4v) is 4.11. The molecule has 1 amide bonds. The van der Waals surface area contributed by atoms with E-state index in [1.165, 1.54) is 35.3 Å². The van der Waals surface area contributed by atoms with Crippen molar-refractivity contribution in [2.24, 2.45) is 0 Å². The Morgan fingerprint density at radius 2 is 1.81 bits per heavy atom. The van der Waals surface area contributed by atoms with Gasteiger partial charge in [0, 0.05) is 11.3 Å². The molecule has 0 radical (unpaired) electrons. The first-order valence-electron chi connectivity index (χ1n) is 8.65. The number of aromatic nitrogens is 2. The van der Waals surface area contributed by atoms with Crippen molar-refractivity contribution >= 4 is 34.1 Å². The number of aryl methyl sites for hydroxylation is 1. The minimum absolute atomic E-state index is 0.150. The highest BCUT2D eigenvalue weighted by atomic mass is 32.2. The van der Waals surface area contributed by atoms with Gasteiger partial charge in [0.05, 0.1) is 0 Å². The summed E-state index contributed by atoms with van der Waals surface area (Å²) in [5.74, 6) is 0.686. The summed E-state index contributed by atoms with van der Waals surface area (Å²) < 4.78 is 0.846. The van der Waals surface area contributed by atoms with Crippen molar-refractivity contribution in [3.63, 3.8) is 0 Å². The van der Waals surface area contributed by atoms with E-state index in [0.717, 1.165) is 16.5 Å². The SMILES string of the molecule is CCCCc1ccc(C(=O)Nc2nnc(SCc3ccccc3)s2)cc1. The smallest absolute Gasteiger partial charge is 0.257 e. The molecule has 0 aliphatic carbocycles. The molecule has 0 unspecified atom stereocenters. The third kappa shape index (κ3) is 5.41. The van der Waals surface area contributed by atoms with E-state index >= 15 is 0 Å². The van der Waals surface area contributed by atoms with Crippen LogP contribution in [0.4, 0.5) is 5.13 Å². The lowest BCUT2D eigenvalue weighted by atomic mass is 10.1. The number of unbranched alkanes of at least 4 members (excludes halogenated alkanes) is 1. The fraction of sp³-hybridized carbons (Fsp3) is 0.250. The molecule has 0 bridgehead atoms. The highest BCUT2D eigenvalue weighted by molar-refractivity contribution is 8.00. The summed E-state index contributed by atoms with van der Waals surface area (Å²) >= 11 is 3.02. The molecule has 4 nitrogen and oxygen atoms in total. The van der Waals surface area contributed by atoms with Crippen LogP contribution in [0.1, 0.15) is 41.3 Å².